The summed E-state index contributed by atoms with van der Waals surface area (Å²) in [6.45, 7) is 7.11. The Morgan fingerprint density at radius 1 is 1.33 bits per heavy atom. The van der Waals surface area contributed by atoms with E-state index in [2.05, 4.69) is 6.58 Å². The van der Waals surface area contributed by atoms with E-state index in [9.17, 15) is 4.39 Å². The SMILES string of the molecule is C=C/C(C)=C\C(C)=C\F. The predicted octanol–water partition coefficient (Wildman–Crippen LogP) is 2.99. The topological polar surface area (TPSA) is 0 Å². The minimum atomic E-state index is 0.576. The molecule has 9 heavy (non-hydrogen) atoms. The third-order valence-electron chi connectivity index (χ3n) is 0.949. The van der Waals surface area contributed by atoms with Crippen molar-refractivity contribution in [3.63, 3.8) is 0 Å². The number of rotatable bonds is 2. The minimum absolute atomic E-state index is 0.576. The lowest BCUT2D eigenvalue weighted by atomic mass is 10.2. The molecule has 0 saturated carbocycles. The summed E-state index contributed by atoms with van der Waals surface area (Å²) in [6.07, 6.45) is 3.99. The van der Waals surface area contributed by atoms with E-state index in [1.165, 1.54) is 0 Å². The molecule has 50 valence electrons. The zero-order valence-electron chi connectivity index (χ0n) is 5.82. The summed E-state index contributed by atoms with van der Waals surface area (Å²) in [5.74, 6) is 0. The van der Waals surface area contributed by atoms with E-state index in [0.29, 0.717) is 11.9 Å². The molecule has 0 N–H and O–H groups in total. The first-order valence-corrected chi connectivity index (χ1v) is 2.78. The highest BCUT2D eigenvalue weighted by Crippen LogP contribution is 2.01. The Hall–Kier alpha value is -0.850. The molecule has 0 aromatic heterocycles. The fraction of sp³-hybridized carbons (Fsp3) is 0.250. The van der Waals surface area contributed by atoms with Crippen molar-refractivity contribution < 1.29 is 4.39 Å². The van der Waals surface area contributed by atoms with Gasteiger partial charge in [-0.2, -0.15) is 0 Å². The van der Waals surface area contributed by atoms with Gasteiger partial charge in [-0.3, -0.25) is 0 Å². The zero-order chi connectivity index (χ0) is 7.28. The molecule has 0 atom stereocenters. The Labute approximate surface area is 55.4 Å². The monoisotopic (exact) mass is 126 g/mol. The number of hydrogen-bond donors (Lipinski definition) is 0. The lowest BCUT2D eigenvalue weighted by molar-refractivity contribution is 0.713. The maximum absolute atomic E-state index is 11.6. The molecule has 0 radical (unpaired) electrons. The first kappa shape index (κ1) is 8.15. The van der Waals surface area contributed by atoms with E-state index in [1.54, 1.807) is 19.1 Å². The van der Waals surface area contributed by atoms with Gasteiger partial charge in [0.25, 0.3) is 0 Å². The number of allylic oxidation sites excluding steroid dienone is 4. The Morgan fingerprint density at radius 2 is 1.89 bits per heavy atom. The van der Waals surface area contributed by atoms with Crippen molar-refractivity contribution >= 4 is 0 Å². The molecule has 0 unspecified atom stereocenters. The van der Waals surface area contributed by atoms with Crippen molar-refractivity contribution in [2.45, 2.75) is 13.8 Å². The lowest BCUT2D eigenvalue weighted by Gasteiger charge is -1.88. The molecule has 0 spiro atoms. The zero-order valence-corrected chi connectivity index (χ0v) is 5.82. The van der Waals surface area contributed by atoms with Crippen molar-refractivity contribution in [1.82, 2.24) is 0 Å². The molecule has 0 fully saturated rings. The number of hydrogen-bond acceptors (Lipinski definition) is 0. The maximum Gasteiger partial charge on any atom is 0.0896 e. The normalized spacial score (nSPS) is 13.7. The smallest absolute Gasteiger partial charge is 0.0896 e. The van der Waals surface area contributed by atoms with E-state index in [-0.39, 0.29) is 0 Å². The molecule has 0 amide bonds. The van der Waals surface area contributed by atoms with E-state index in [0.717, 1.165) is 5.57 Å². The molecule has 0 aromatic rings. The summed E-state index contributed by atoms with van der Waals surface area (Å²) in [7, 11) is 0. The van der Waals surface area contributed by atoms with Gasteiger partial charge in [-0.05, 0) is 19.4 Å². The quantitative estimate of drug-likeness (QED) is 0.499. The summed E-state index contributed by atoms with van der Waals surface area (Å²) in [6, 6.07) is 0. The molecule has 0 aromatic carbocycles. The van der Waals surface area contributed by atoms with E-state index < -0.39 is 0 Å². The van der Waals surface area contributed by atoms with Crippen LogP contribution in [0, 0.1) is 0 Å². The molecule has 0 saturated heterocycles. The molecule has 0 heterocycles. The van der Waals surface area contributed by atoms with Crippen molar-refractivity contribution in [2.75, 3.05) is 0 Å². The van der Waals surface area contributed by atoms with Crippen molar-refractivity contribution in [3.8, 4) is 0 Å². The highest BCUT2D eigenvalue weighted by Gasteiger charge is 1.81. The Bertz CT molecular complexity index is 152. The molecule has 0 bridgehead atoms. The van der Waals surface area contributed by atoms with Gasteiger partial charge in [0.15, 0.2) is 0 Å². The standard InChI is InChI=1S/C8H11F/c1-4-7(2)5-8(3)6-9/h4-6H,1H2,2-3H3/b7-5-,8-6+. The average Bonchev–Trinajstić information content (AvgIpc) is 1.87. The Balaban J connectivity index is 4.11. The van der Waals surface area contributed by atoms with Crippen LogP contribution in [0.2, 0.25) is 0 Å². The third-order valence-corrected chi connectivity index (χ3v) is 0.949. The van der Waals surface area contributed by atoms with Crippen LogP contribution in [-0.2, 0) is 0 Å². The van der Waals surface area contributed by atoms with Crippen LogP contribution in [0.25, 0.3) is 0 Å². The van der Waals surface area contributed by atoms with Crippen LogP contribution in [0.1, 0.15) is 13.8 Å². The summed E-state index contributed by atoms with van der Waals surface area (Å²) in [4.78, 5) is 0. The second kappa shape index (κ2) is 4.07. The molecule has 0 aliphatic carbocycles. The predicted molar refractivity (Wildman–Crippen MR) is 38.8 cm³/mol. The van der Waals surface area contributed by atoms with Crippen LogP contribution in [0.4, 0.5) is 4.39 Å². The largest absolute Gasteiger partial charge is 0.215 e. The van der Waals surface area contributed by atoms with Crippen LogP contribution < -0.4 is 0 Å². The van der Waals surface area contributed by atoms with Gasteiger partial charge in [0.2, 0.25) is 0 Å². The molecule has 0 aliphatic heterocycles. The summed E-state index contributed by atoms with van der Waals surface area (Å²) in [5, 5.41) is 0. The summed E-state index contributed by atoms with van der Waals surface area (Å²) >= 11 is 0. The van der Waals surface area contributed by atoms with E-state index in [1.807, 2.05) is 6.92 Å². The van der Waals surface area contributed by atoms with Crippen molar-refractivity contribution in [1.29, 1.82) is 0 Å². The van der Waals surface area contributed by atoms with Gasteiger partial charge in [-0.15, -0.1) is 0 Å². The van der Waals surface area contributed by atoms with Gasteiger partial charge < -0.3 is 0 Å². The fourth-order valence-corrected chi connectivity index (χ4v) is 0.450. The first-order chi connectivity index (χ1) is 4.20. The molecule has 0 aliphatic rings. The molecular formula is C8H11F. The molecule has 0 nitrogen and oxygen atoms in total. The number of halogens is 1. The fourth-order valence-electron chi connectivity index (χ4n) is 0.450. The van der Waals surface area contributed by atoms with Gasteiger partial charge in [0, 0.05) is 0 Å². The maximum atomic E-state index is 11.6. The van der Waals surface area contributed by atoms with Gasteiger partial charge in [-0.25, -0.2) is 4.39 Å². The second-order valence-corrected chi connectivity index (χ2v) is 1.95. The molecule has 1 heteroatoms. The van der Waals surface area contributed by atoms with Gasteiger partial charge >= 0.3 is 0 Å². The summed E-state index contributed by atoms with van der Waals surface area (Å²) < 4.78 is 11.6. The van der Waals surface area contributed by atoms with Crippen LogP contribution >= 0.6 is 0 Å². The first-order valence-electron chi connectivity index (χ1n) is 2.78. The van der Waals surface area contributed by atoms with Gasteiger partial charge in [0.05, 0.1) is 6.33 Å². The van der Waals surface area contributed by atoms with Gasteiger partial charge in [0.1, 0.15) is 0 Å². The van der Waals surface area contributed by atoms with Crippen molar-refractivity contribution in [3.05, 3.63) is 36.2 Å². The Kier molecular flexibility index (Phi) is 3.69. The third kappa shape index (κ3) is 3.71. The lowest BCUT2D eigenvalue weighted by Crippen LogP contribution is -1.68. The molecule has 0 rings (SSSR count). The Morgan fingerprint density at radius 3 is 2.22 bits per heavy atom. The second-order valence-electron chi connectivity index (χ2n) is 1.95. The van der Waals surface area contributed by atoms with Crippen LogP contribution in [0.3, 0.4) is 0 Å². The highest BCUT2D eigenvalue weighted by atomic mass is 19.1. The minimum Gasteiger partial charge on any atom is -0.215 e. The van der Waals surface area contributed by atoms with Crippen LogP contribution in [-0.4, -0.2) is 0 Å². The van der Waals surface area contributed by atoms with Crippen LogP contribution in [0.15, 0.2) is 36.2 Å². The average molecular weight is 126 g/mol. The van der Waals surface area contributed by atoms with Crippen LogP contribution in [0.5, 0.6) is 0 Å². The van der Waals surface area contributed by atoms with Gasteiger partial charge in [-0.1, -0.05) is 24.3 Å². The summed E-state index contributed by atoms with van der Waals surface area (Å²) in [5.41, 5.74) is 1.59. The van der Waals surface area contributed by atoms with E-state index >= 15 is 0 Å². The van der Waals surface area contributed by atoms with E-state index in [4.69, 9.17) is 0 Å². The highest BCUT2D eigenvalue weighted by molar-refractivity contribution is 5.24. The van der Waals surface area contributed by atoms with Crippen molar-refractivity contribution in [2.24, 2.45) is 0 Å². The molecular weight excluding hydrogens is 115 g/mol.